The second kappa shape index (κ2) is 18.3. The Morgan fingerprint density at radius 2 is 1.45 bits per heavy atom. The molecule has 4 atom stereocenters. The van der Waals surface area contributed by atoms with Crippen molar-refractivity contribution in [3.05, 3.63) is 12.2 Å². The summed E-state index contributed by atoms with van der Waals surface area (Å²) < 4.78 is 11.0. The van der Waals surface area contributed by atoms with Gasteiger partial charge in [-0.25, -0.2) is 0 Å². The zero-order valence-electron chi connectivity index (χ0n) is 18.6. The number of ether oxygens (including phenoxy) is 2. The molecule has 1 aliphatic heterocycles. The van der Waals surface area contributed by atoms with E-state index in [0.717, 1.165) is 19.3 Å². The molecule has 3 N–H and O–H groups in total. The second-order valence-electron chi connectivity index (χ2n) is 8.39. The van der Waals surface area contributed by atoms with Gasteiger partial charge in [0.25, 0.3) is 0 Å². The van der Waals surface area contributed by atoms with Crippen molar-refractivity contribution in [1.82, 2.24) is 0 Å². The summed E-state index contributed by atoms with van der Waals surface area (Å²) in [5.74, 6) is 0. The van der Waals surface area contributed by atoms with Crippen LogP contribution in [-0.2, 0) is 9.47 Å². The molecule has 0 amide bonds. The summed E-state index contributed by atoms with van der Waals surface area (Å²) in [7, 11) is 0. The zero-order valence-corrected chi connectivity index (χ0v) is 18.6. The van der Waals surface area contributed by atoms with Crippen LogP contribution in [0.3, 0.4) is 0 Å². The van der Waals surface area contributed by atoms with Crippen LogP contribution in [0.15, 0.2) is 12.2 Å². The summed E-state index contributed by atoms with van der Waals surface area (Å²) in [5.41, 5.74) is 0. The third kappa shape index (κ3) is 12.7. The summed E-state index contributed by atoms with van der Waals surface area (Å²) in [6, 6.07) is 0. The fourth-order valence-corrected chi connectivity index (χ4v) is 3.83. The third-order valence-corrected chi connectivity index (χ3v) is 5.70. The van der Waals surface area contributed by atoms with Crippen LogP contribution < -0.4 is 0 Å². The molecule has 1 saturated heterocycles. The molecule has 1 rings (SSSR count). The van der Waals surface area contributed by atoms with Crippen molar-refractivity contribution < 1.29 is 24.8 Å². The minimum atomic E-state index is -1.01. The highest BCUT2D eigenvalue weighted by Gasteiger charge is 2.40. The fourth-order valence-electron chi connectivity index (χ4n) is 3.83. The maximum absolute atomic E-state index is 9.88. The Morgan fingerprint density at radius 1 is 0.897 bits per heavy atom. The number of aliphatic hydroxyl groups excluding tert-OH is 3. The highest BCUT2D eigenvalue weighted by atomic mass is 16.6. The molecule has 0 aromatic rings. The molecule has 5 nitrogen and oxygen atoms in total. The normalized spacial score (nSPS) is 23.2. The lowest BCUT2D eigenvalue weighted by Crippen LogP contribution is -2.42. The molecule has 0 aromatic carbocycles. The molecule has 0 aromatic heterocycles. The van der Waals surface area contributed by atoms with Crippen molar-refractivity contribution in [2.75, 3.05) is 19.8 Å². The number of aliphatic hydroxyl groups is 3. The molecule has 1 fully saturated rings. The van der Waals surface area contributed by atoms with Gasteiger partial charge in [-0.15, -0.1) is 0 Å². The number of hydrogen-bond acceptors (Lipinski definition) is 5. The Kier molecular flexibility index (Phi) is 16.8. The van der Waals surface area contributed by atoms with Gasteiger partial charge in [0.2, 0.25) is 0 Å². The van der Waals surface area contributed by atoms with E-state index in [0.29, 0.717) is 6.61 Å². The molecular weight excluding hydrogens is 368 g/mol. The van der Waals surface area contributed by atoms with Crippen LogP contribution in [0.5, 0.6) is 0 Å². The van der Waals surface area contributed by atoms with Gasteiger partial charge in [-0.05, 0) is 32.1 Å². The first kappa shape index (κ1) is 26.6. The lowest BCUT2D eigenvalue weighted by molar-refractivity contribution is -0.0937. The minimum Gasteiger partial charge on any atom is -0.394 e. The maximum atomic E-state index is 9.88. The van der Waals surface area contributed by atoms with Crippen molar-refractivity contribution in [3.63, 3.8) is 0 Å². The van der Waals surface area contributed by atoms with Crippen molar-refractivity contribution in [3.8, 4) is 0 Å². The van der Waals surface area contributed by atoms with E-state index >= 15 is 0 Å². The third-order valence-electron chi connectivity index (χ3n) is 5.70. The van der Waals surface area contributed by atoms with E-state index in [1.54, 1.807) is 0 Å². The Hall–Kier alpha value is -0.460. The number of hydrogen-bond donors (Lipinski definition) is 3. The van der Waals surface area contributed by atoms with Crippen molar-refractivity contribution >= 4 is 0 Å². The summed E-state index contributed by atoms with van der Waals surface area (Å²) in [5, 5.41) is 28.6. The molecule has 5 heteroatoms. The largest absolute Gasteiger partial charge is 0.394 e. The molecule has 0 aliphatic carbocycles. The number of allylic oxidation sites excluding steroid dienone is 2. The van der Waals surface area contributed by atoms with Crippen LogP contribution >= 0.6 is 0 Å². The topological polar surface area (TPSA) is 79.2 Å². The van der Waals surface area contributed by atoms with Crippen LogP contribution in [0, 0.1) is 0 Å². The Morgan fingerprint density at radius 3 is 2.03 bits per heavy atom. The van der Waals surface area contributed by atoms with Crippen LogP contribution in [-0.4, -0.2) is 59.6 Å². The zero-order chi connectivity index (χ0) is 21.2. The Labute approximate surface area is 178 Å². The van der Waals surface area contributed by atoms with Crippen LogP contribution in [0.2, 0.25) is 0 Å². The number of unbranched alkanes of at least 4 members (excludes halogenated alkanes) is 12. The molecule has 172 valence electrons. The molecule has 1 aliphatic rings. The predicted octanol–water partition coefficient (Wildman–Crippen LogP) is 4.52. The van der Waals surface area contributed by atoms with E-state index < -0.39 is 24.4 Å². The molecule has 0 bridgehead atoms. The maximum Gasteiger partial charge on any atom is 0.114 e. The minimum absolute atomic E-state index is 0.147. The summed E-state index contributed by atoms with van der Waals surface area (Å²) in [6.45, 7) is 2.56. The second-order valence-corrected chi connectivity index (χ2v) is 8.39. The van der Waals surface area contributed by atoms with Gasteiger partial charge in [0, 0.05) is 6.61 Å². The lowest BCUT2D eigenvalue weighted by atomic mass is 10.1. The molecular formula is C24H46O5. The van der Waals surface area contributed by atoms with Gasteiger partial charge in [0.15, 0.2) is 0 Å². The SMILES string of the molecule is CCCCCCCCCCCC/C=C/CCCCO[C@@H]1[C@H]([C@H](O)CO)OC[C@@H]1O. The number of rotatable bonds is 19. The van der Waals surface area contributed by atoms with E-state index in [4.69, 9.17) is 14.6 Å². The molecule has 0 unspecified atom stereocenters. The van der Waals surface area contributed by atoms with Crippen molar-refractivity contribution in [2.24, 2.45) is 0 Å². The van der Waals surface area contributed by atoms with Crippen molar-refractivity contribution in [2.45, 2.75) is 121 Å². The average molecular weight is 415 g/mol. The van der Waals surface area contributed by atoms with Gasteiger partial charge >= 0.3 is 0 Å². The van der Waals surface area contributed by atoms with Crippen LogP contribution in [0.25, 0.3) is 0 Å². The van der Waals surface area contributed by atoms with Crippen molar-refractivity contribution in [1.29, 1.82) is 0 Å². The molecule has 0 saturated carbocycles. The fraction of sp³-hybridized carbons (Fsp3) is 0.917. The summed E-state index contributed by atoms with van der Waals surface area (Å²) in [6.07, 6.45) is 19.6. The Bertz CT molecular complexity index is 387. The van der Waals surface area contributed by atoms with Crippen LogP contribution in [0.4, 0.5) is 0 Å². The van der Waals surface area contributed by atoms with Gasteiger partial charge in [-0.3, -0.25) is 0 Å². The monoisotopic (exact) mass is 414 g/mol. The first-order valence-corrected chi connectivity index (χ1v) is 12.1. The van der Waals surface area contributed by atoms with E-state index in [1.807, 2.05) is 0 Å². The van der Waals surface area contributed by atoms with E-state index in [2.05, 4.69) is 19.1 Å². The van der Waals surface area contributed by atoms with E-state index in [-0.39, 0.29) is 13.2 Å². The smallest absolute Gasteiger partial charge is 0.114 e. The van der Waals surface area contributed by atoms with Gasteiger partial charge in [-0.1, -0.05) is 76.9 Å². The quantitative estimate of drug-likeness (QED) is 0.214. The molecule has 29 heavy (non-hydrogen) atoms. The van der Waals surface area contributed by atoms with Gasteiger partial charge in [0.1, 0.15) is 24.4 Å². The standard InChI is InChI=1S/C24H46O5/c1-2-3-4-5-6-7-8-9-10-11-12-13-14-15-16-17-18-28-24-22(27)20-29-23(24)21(26)19-25/h13-14,21-27H,2-12,15-20H2,1H3/b14-13+/t21-,22+,23+,24+/m1/s1. The van der Waals surface area contributed by atoms with E-state index in [1.165, 1.54) is 70.6 Å². The van der Waals surface area contributed by atoms with E-state index in [9.17, 15) is 10.2 Å². The predicted molar refractivity (Wildman–Crippen MR) is 118 cm³/mol. The van der Waals surface area contributed by atoms with Gasteiger partial charge in [0.05, 0.1) is 13.2 Å². The first-order chi connectivity index (χ1) is 14.2. The Balaban J connectivity index is 1.88. The van der Waals surface area contributed by atoms with Gasteiger partial charge < -0.3 is 24.8 Å². The lowest BCUT2D eigenvalue weighted by Gasteiger charge is -2.23. The first-order valence-electron chi connectivity index (χ1n) is 12.1. The average Bonchev–Trinajstić information content (AvgIpc) is 3.10. The molecule has 0 radical (unpaired) electrons. The summed E-state index contributed by atoms with van der Waals surface area (Å²) in [4.78, 5) is 0. The highest BCUT2D eigenvalue weighted by molar-refractivity contribution is 4.89. The molecule has 0 spiro atoms. The molecule has 1 heterocycles. The van der Waals surface area contributed by atoms with Gasteiger partial charge in [-0.2, -0.15) is 0 Å². The van der Waals surface area contributed by atoms with Crippen LogP contribution in [0.1, 0.15) is 96.8 Å². The highest BCUT2D eigenvalue weighted by Crippen LogP contribution is 2.21. The summed E-state index contributed by atoms with van der Waals surface area (Å²) >= 11 is 0.